The Morgan fingerprint density at radius 1 is 1.03 bits per heavy atom. The molecule has 5 rings (SSSR count). The average molecular weight is 526 g/mol. The summed E-state index contributed by atoms with van der Waals surface area (Å²) in [5.41, 5.74) is 3.09. The fourth-order valence-electron chi connectivity index (χ4n) is 4.03. The van der Waals surface area contributed by atoms with Crippen molar-refractivity contribution < 1.29 is 23.3 Å². The van der Waals surface area contributed by atoms with E-state index in [1.54, 1.807) is 24.3 Å². The molecule has 0 aliphatic carbocycles. The highest BCUT2D eigenvalue weighted by Crippen LogP contribution is 2.43. The summed E-state index contributed by atoms with van der Waals surface area (Å²) in [4.78, 5) is 34.3. The van der Waals surface area contributed by atoms with E-state index in [2.05, 4.69) is 4.98 Å². The van der Waals surface area contributed by atoms with Gasteiger partial charge in [0.05, 0.1) is 11.4 Å². The highest BCUT2D eigenvalue weighted by atomic mass is 35.5. The van der Waals surface area contributed by atoms with Gasteiger partial charge in [-0.3, -0.25) is 14.6 Å². The maximum Gasteiger partial charge on any atom is 0.524 e. The van der Waals surface area contributed by atoms with Gasteiger partial charge in [0.15, 0.2) is 0 Å². The zero-order valence-corrected chi connectivity index (χ0v) is 20.1. The number of halogens is 2. The van der Waals surface area contributed by atoms with Crippen molar-refractivity contribution in [1.82, 2.24) is 14.6 Å². The van der Waals surface area contributed by atoms with E-state index in [-0.39, 0.29) is 11.3 Å². The second-order valence-electron chi connectivity index (χ2n) is 7.99. The van der Waals surface area contributed by atoms with Gasteiger partial charge in [0.1, 0.15) is 17.2 Å². The van der Waals surface area contributed by atoms with Crippen LogP contribution < -0.4 is 10.1 Å². The summed E-state index contributed by atoms with van der Waals surface area (Å²) < 4.78 is 31.7. The standard InChI is InChI=1S/C25H18ClFN3O5P/c26-17-8-6-16(7-9-17)24-20(12-15-4-2-1-3-5-15)29-30-21(14-23(31)28-25(24)30)19-11-10-18(27)13-22(19)35-36(32,33)34/h1-11,13-14H,12H2,(H,28,31)(H2,32,33,34). The van der Waals surface area contributed by atoms with Crippen molar-refractivity contribution in [2.24, 2.45) is 0 Å². The molecule has 2 aromatic heterocycles. The number of fused-ring (bicyclic) bond motifs is 1. The number of nitrogens with zero attached hydrogens (tertiary/aromatic N) is 2. The van der Waals surface area contributed by atoms with Crippen LogP contribution in [-0.4, -0.2) is 24.4 Å². The number of H-pyrrole nitrogens is 1. The van der Waals surface area contributed by atoms with E-state index in [4.69, 9.17) is 21.2 Å². The van der Waals surface area contributed by atoms with Crippen LogP contribution in [0.15, 0.2) is 83.7 Å². The van der Waals surface area contributed by atoms with Crippen molar-refractivity contribution in [3.63, 3.8) is 0 Å². The molecule has 0 saturated carbocycles. The normalized spacial score (nSPS) is 11.7. The molecular weight excluding hydrogens is 508 g/mol. The topological polar surface area (TPSA) is 117 Å². The Morgan fingerprint density at radius 3 is 2.44 bits per heavy atom. The van der Waals surface area contributed by atoms with Gasteiger partial charge in [-0.2, -0.15) is 5.10 Å². The molecule has 0 radical (unpaired) electrons. The molecule has 36 heavy (non-hydrogen) atoms. The van der Waals surface area contributed by atoms with Crippen LogP contribution >= 0.6 is 19.4 Å². The first-order valence-corrected chi connectivity index (χ1v) is 12.6. The number of nitrogens with one attached hydrogen (secondary N) is 1. The molecule has 0 aliphatic heterocycles. The summed E-state index contributed by atoms with van der Waals surface area (Å²) in [6.45, 7) is 0. The summed E-state index contributed by atoms with van der Waals surface area (Å²) in [6.07, 6.45) is 0.428. The fraction of sp³-hybridized carbons (Fsp3) is 0.0400. The predicted octanol–water partition coefficient (Wildman–Crippen LogP) is 5.21. The van der Waals surface area contributed by atoms with Gasteiger partial charge in [-0.1, -0.05) is 54.1 Å². The van der Waals surface area contributed by atoms with Crippen molar-refractivity contribution in [3.05, 3.63) is 111 Å². The third kappa shape index (κ3) is 4.96. The van der Waals surface area contributed by atoms with E-state index < -0.39 is 24.9 Å². The van der Waals surface area contributed by atoms with E-state index in [1.807, 2.05) is 30.3 Å². The molecule has 182 valence electrons. The second-order valence-corrected chi connectivity index (χ2v) is 9.59. The molecule has 0 amide bonds. The number of phosphoric ester groups is 1. The SMILES string of the molecule is O=c1cc(-c2ccc(F)cc2OP(=O)(O)O)n2nc(Cc3ccccc3)c(-c3ccc(Cl)cc3)c2[nH]1. The highest BCUT2D eigenvalue weighted by molar-refractivity contribution is 7.46. The lowest BCUT2D eigenvalue weighted by molar-refractivity contribution is 0.283. The third-order valence-electron chi connectivity index (χ3n) is 5.48. The molecule has 0 saturated heterocycles. The van der Waals surface area contributed by atoms with Crippen LogP contribution in [0.1, 0.15) is 11.3 Å². The van der Waals surface area contributed by atoms with Crippen LogP contribution in [0.2, 0.25) is 5.02 Å². The first-order chi connectivity index (χ1) is 17.2. The molecule has 0 atom stereocenters. The Hall–Kier alpha value is -3.75. The van der Waals surface area contributed by atoms with Crippen LogP contribution in [0.4, 0.5) is 4.39 Å². The van der Waals surface area contributed by atoms with Crippen molar-refractivity contribution in [2.45, 2.75) is 6.42 Å². The zero-order chi connectivity index (χ0) is 25.4. The zero-order valence-electron chi connectivity index (χ0n) is 18.4. The average Bonchev–Trinajstić information content (AvgIpc) is 3.16. The molecule has 3 N–H and O–H groups in total. The number of hydrogen-bond donors (Lipinski definition) is 3. The van der Waals surface area contributed by atoms with Gasteiger partial charge >= 0.3 is 7.82 Å². The van der Waals surface area contributed by atoms with Crippen LogP contribution in [0.25, 0.3) is 28.0 Å². The number of rotatable bonds is 6. The second kappa shape index (κ2) is 9.37. The number of phosphoric acid groups is 1. The monoisotopic (exact) mass is 525 g/mol. The molecule has 3 aromatic carbocycles. The third-order valence-corrected chi connectivity index (χ3v) is 6.17. The minimum absolute atomic E-state index is 0.0762. The van der Waals surface area contributed by atoms with Crippen molar-refractivity contribution in [1.29, 1.82) is 0 Å². The Kier molecular flexibility index (Phi) is 6.24. The van der Waals surface area contributed by atoms with Crippen LogP contribution in [0, 0.1) is 5.82 Å². The van der Waals surface area contributed by atoms with E-state index in [0.717, 1.165) is 23.3 Å². The number of aromatic amines is 1. The van der Waals surface area contributed by atoms with Crippen LogP contribution in [0.5, 0.6) is 5.75 Å². The van der Waals surface area contributed by atoms with E-state index >= 15 is 0 Å². The number of aromatic nitrogens is 3. The van der Waals surface area contributed by atoms with Crippen LogP contribution in [-0.2, 0) is 11.0 Å². The van der Waals surface area contributed by atoms with Gasteiger partial charge in [0.25, 0.3) is 5.56 Å². The Balaban J connectivity index is 1.80. The lowest BCUT2D eigenvalue weighted by atomic mass is 10.0. The quantitative estimate of drug-likeness (QED) is 0.262. The first-order valence-electron chi connectivity index (χ1n) is 10.7. The molecular formula is C25H18ClFN3O5P. The van der Waals surface area contributed by atoms with E-state index in [0.29, 0.717) is 28.3 Å². The molecule has 0 bridgehead atoms. The molecule has 11 heteroatoms. The number of hydrogen-bond acceptors (Lipinski definition) is 4. The predicted molar refractivity (Wildman–Crippen MR) is 134 cm³/mol. The Labute approximate surface area is 208 Å². The first kappa shape index (κ1) is 24.0. The van der Waals surface area contributed by atoms with Gasteiger partial charge in [0, 0.05) is 34.7 Å². The molecule has 0 spiro atoms. The molecule has 0 aliphatic rings. The fourth-order valence-corrected chi connectivity index (χ4v) is 4.56. The lowest BCUT2D eigenvalue weighted by Crippen LogP contribution is -2.10. The minimum atomic E-state index is -5.02. The van der Waals surface area contributed by atoms with Gasteiger partial charge in [-0.05, 0) is 35.4 Å². The molecule has 0 fully saturated rings. The Bertz CT molecular complexity index is 1680. The van der Waals surface area contributed by atoms with Crippen molar-refractivity contribution in [2.75, 3.05) is 0 Å². The van der Waals surface area contributed by atoms with Crippen molar-refractivity contribution in [3.8, 4) is 28.1 Å². The Morgan fingerprint density at radius 2 is 1.75 bits per heavy atom. The molecule has 2 heterocycles. The maximum atomic E-state index is 14.0. The maximum absolute atomic E-state index is 14.0. The van der Waals surface area contributed by atoms with Crippen LogP contribution in [0.3, 0.4) is 0 Å². The summed E-state index contributed by atoms with van der Waals surface area (Å²) >= 11 is 6.09. The molecule has 0 unspecified atom stereocenters. The van der Waals surface area contributed by atoms with Gasteiger partial charge in [-0.25, -0.2) is 13.5 Å². The summed E-state index contributed by atoms with van der Waals surface area (Å²) in [5, 5.41) is 5.30. The highest BCUT2D eigenvalue weighted by Gasteiger charge is 2.24. The van der Waals surface area contributed by atoms with Gasteiger partial charge in [0.2, 0.25) is 0 Å². The smallest absolute Gasteiger partial charge is 0.403 e. The summed E-state index contributed by atoms with van der Waals surface area (Å²) in [7, 11) is -5.02. The van der Waals surface area contributed by atoms with Gasteiger partial charge in [-0.15, -0.1) is 0 Å². The van der Waals surface area contributed by atoms with E-state index in [1.165, 1.54) is 16.6 Å². The van der Waals surface area contributed by atoms with Gasteiger partial charge < -0.3 is 9.51 Å². The van der Waals surface area contributed by atoms with Crippen molar-refractivity contribution >= 4 is 25.1 Å². The largest absolute Gasteiger partial charge is 0.524 e. The lowest BCUT2D eigenvalue weighted by Gasteiger charge is -2.13. The minimum Gasteiger partial charge on any atom is -0.403 e. The summed E-state index contributed by atoms with van der Waals surface area (Å²) in [6, 6.07) is 21.1. The summed E-state index contributed by atoms with van der Waals surface area (Å²) in [5.74, 6) is -1.20. The molecule has 5 aromatic rings. The molecule has 8 nitrogen and oxygen atoms in total. The van der Waals surface area contributed by atoms with E-state index in [9.17, 15) is 23.5 Å². The number of benzene rings is 3.